The number of nitrogens with zero attached hydrogens (tertiary/aromatic N) is 2. The van der Waals surface area contributed by atoms with Crippen molar-refractivity contribution in [2.75, 3.05) is 13.2 Å². The van der Waals surface area contributed by atoms with E-state index in [4.69, 9.17) is 16.3 Å². The number of aromatic nitrogens is 2. The molecule has 1 N–H and O–H groups in total. The summed E-state index contributed by atoms with van der Waals surface area (Å²) in [6.45, 7) is 1.28. The van der Waals surface area contributed by atoms with Gasteiger partial charge in [0.2, 0.25) is 0 Å². The third-order valence-electron chi connectivity index (χ3n) is 3.21. The molecule has 21 heavy (non-hydrogen) atoms. The Morgan fingerprint density at radius 1 is 1.57 bits per heavy atom. The van der Waals surface area contributed by atoms with Crippen molar-refractivity contribution in [1.82, 2.24) is 15.3 Å². The quantitative estimate of drug-likeness (QED) is 0.939. The maximum absolute atomic E-state index is 12.2. The van der Waals surface area contributed by atoms with E-state index < -0.39 is 0 Å². The first kappa shape index (κ1) is 14.4. The van der Waals surface area contributed by atoms with E-state index in [1.54, 1.807) is 12.4 Å². The van der Waals surface area contributed by atoms with Gasteiger partial charge in [-0.2, -0.15) is 0 Å². The number of hydrogen-bond acceptors (Lipinski definition) is 5. The second kappa shape index (κ2) is 6.51. The maximum atomic E-state index is 12.2. The average Bonchev–Trinajstić information content (AvgIpc) is 3.15. The number of rotatable bonds is 4. The fraction of sp³-hybridized carbons (Fsp3) is 0.357. The summed E-state index contributed by atoms with van der Waals surface area (Å²) in [4.78, 5) is 20.9. The van der Waals surface area contributed by atoms with Gasteiger partial charge in [-0.05, 0) is 25.0 Å². The molecular formula is C14H14ClN3O2S. The Balaban J connectivity index is 1.70. The summed E-state index contributed by atoms with van der Waals surface area (Å²) in [5.74, 6) is -0.205. The number of thiazole rings is 1. The highest BCUT2D eigenvalue weighted by Gasteiger charge is 2.20. The van der Waals surface area contributed by atoms with E-state index in [1.165, 1.54) is 11.3 Å². The molecule has 110 valence electrons. The zero-order valence-electron chi connectivity index (χ0n) is 11.2. The molecule has 3 heterocycles. The second-order valence-corrected chi connectivity index (χ2v) is 6.08. The largest absolute Gasteiger partial charge is 0.376 e. The van der Waals surface area contributed by atoms with Gasteiger partial charge < -0.3 is 10.1 Å². The van der Waals surface area contributed by atoms with Crippen LogP contribution in [0.3, 0.4) is 0 Å². The molecule has 1 atom stereocenters. The fourth-order valence-corrected chi connectivity index (χ4v) is 3.35. The van der Waals surface area contributed by atoms with Gasteiger partial charge in [0, 0.05) is 31.1 Å². The highest BCUT2D eigenvalue weighted by Crippen LogP contribution is 2.30. The monoisotopic (exact) mass is 323 g/mol. The molecule has 5 nitrogen and oxygen atoms in total. The molecule has 1 saturated heterocycles. The number of carbonyl (C=O) groups is 1. The van der Waals surface area contributed by atoms with Gasteiger partial charge in [-0.15, -0.1) is 11.3 Å². The van der Waals surface area contributed by atoms with Gasteiger partial charge in [0.25, 0.3) is 5.91 Å². The maximum Gasteiger partial charge on any atom is 0.264 e. The van der Waals surface area contributed by atoms with E-state index in [0.717, 1.165) is 25.0 Å². The van der Waals surface area contributed by atoms with Crippen LogP contribution in [0.5, 0.6) is 0 Å². The van der Waals surface area contributed by atoms with Crippen LogP contribution >= 0.6 is 22.9 Å². The highest BCUT2D eigenvalue weighted by molar-refractivity contribution is 7.17. The van der Waals surface area contributed by atoms with E-state index in [-0.39, 0.29) is 17.2 Å². The average molecular weight is 324 g/mol. The first-order chi connectivity index (χ1) is 10.2. The molecule has 0 aromatic carbocycles. The molecule has 0 radical (unpaired) electrons. The van der Waals surface area contributed by atoms with Crippen LogP contribution < -0.4 is 5.32 Å². The van der Waals surface area contributed by atoms with Gasteiger partial charge in [-0.3, -0.25) is 9.78 Å². The van der Waals surface area contributed by atoms with Crippen LogP contribution in [0.1, 0.15) is 22.5 Å². The van der Waals surface area contributed by atoms with E-state index in [9.17, 15) is 4.79 Å². The smallest absolute Gasteiger partial charge is 0.264 e. The normalized spacial score (nSPS) is 17.9. The van der Waals surface area contributed by atoms with Gasteiger partial charge in [-0.1, -0.05) is 11.6 Å². The summed E-state index contributed by atoms with van der Waals surface area (Å²) >= 11 is 7.34. The predicted molar refractivity (Wildman–Crippen MR) is 81.7 cm³/mol. The van der Waals surface area contributed by atoms with Gasteiger partial charge in [0.1, 0.15) is 9.88 Å². The highest BCUT2D eigenvalue weighted by atomic mass is 35.5. The summed E-state index contributed by atoms with van der Waals surface area (Å²) in [6.07, 6.45) is 5.53. The Morgan fingerprint density at radius 2 is 2.48 bits per heavy atom. The standard InChI is InChI=1S/C14H14ClN3O2S/c15-12-11(13(19)17-8-10-4-2-6-20-10)21-14(18-12)9-3-1-5-16-7-9/h1,3,5,7,10H,2,4,6,8H2,(H,17,19). The molecule has 2 aromatic heterocycles. The lowest BCUT2D eigenvalue weighted by Gasteiger charge is -2.09. The van der Waals surface area contributed by atoms with E-state index in [2.05, 4.69) is 15.3 Å². The lowest BCUT2D eigenvalue weighted by Crippen LogP contribution is -2.31. The molecule has 1 amide bonds. The zero-order valence-corrected chi connectivity index (χ0v) is 12.8. The molecule has 0 aliphatic carbocycles. The van der Waals surface area contributed by atoms with Gasteiger partial charge in [-0.25, -0.2) is 4.98 Å². The Labute approximate surface area is 131 Å². The number of ether oxygens (including phenoxy) is 1. The lowest BCUT2D eigenvalue weighted by molar-refractivity contribution is 0.0861. The Bertz CT molecular complexity index is 626. The summed E-state index contributed by atoms with van der Waals surface area (Å²) in [5.41, 5.74) is 0.850. The Hall–Kier alpha value is -1.50. The number of carbonyl (C=O) groups excluding carboxylic acids is 1. The SMILES string of the molecule is O=C(NCC1CCCO1)c1sc(-c2cccnc2)nc1Cl. The third kappa shape index (κ3) is 3.40. The van der Waals surface area contributed by atoms with Crippen molar-refractivity contribution >= 4 is 28.8 Å². The summed E-state index contributed by atoms with van der Waals surface area (Å²) in [7, 11) is 0. The molecule has 1 aliphatic heterocycles. The Kier molecular flexibility index (Phi) is 4.48. The summed E-state index contributed by atoms with van der Waals surface area (Å²) in [6, 6.07) is 3.71. The number of amides is 1. The van der Waals surface area contributed by atoms with Gasteiger partial charge in [0.05, 0.1) is 6.10 Å². The van der Waals surface area contributed by atoms with Crippen LogP contribution in [0.4, 0.5) is 0 Å². The van der Waals surface area contributed by atoms with Crippen LogP contribution in [0, 0.1) is 0 Å². The predicted octanol–water partition coefficient (Wildman–Crippen LogP) is 2.77. The molecule has 0 bridgehead atoms. The third-order valence-corrected chi connectivity index (χ3v) is 4.70. The fourth-order valence-electron chi connectivity index (χ4n) is 2.15. The van der Waals surface area contributed by atoms with Crippen molar-refractivity contribution in [3.63, 3.8) is 0 Å². The minimum atomic E-state index is -0.205. The van der Waals surface area contributed by atoms with E-state index in [1.807, 2.05) is 12.1 Å². The van der Waals surface area contributed by atoms with Crippen molar-refractivity contribution in [3.8, 4) is 10.6 Å². The number of halogens is 1. The minimum Gasteiger partial charge on any atom is -0.376 e. The minimum absolute atomic E-state index is 0.110. The van der Waals surface area contributed by atoms with Crippen LogP contribution in [0.2, 0.25) is 5.15 Å². The number of pyridine rings is 1. The summed E-state index contributed by atoms with van der Waals surface area (Å²) in [5, 5.41) is 3.77. The van der Waals surface area contributed by atoms with Crippen molar-refractivity contribution in [3.05, 3.63) is 34.6 Å². The van der Waals surface area contributed by atoms with Crippen LogP contribution in [-0.2, 0) is 4.74 Å². The van der Waals surface area contributed by atoms with E-state index >= 15 is 0 Å². The molecule has 3 rings (SSSR count). The molecule has 1 unspecified atom stereocenters. The molecule has 7 heteroatoms. The van der Waals surface area contributed by atoms with Crippen molar-refractivity contribution < 1.29 is 9.53 Å². The van der Waals surface area contributed by atoms with Crippen molar-refractivity contribution in [2.24, 2.45) is 0 Å². The molecule has 1 fully saturated rings. The van der Waals surface area contributed by atoms with Crippen LogP contribution in [0.25, 0.3) is 10.6 Å². The first-order valence-electron chi connectivity index (χ1n) is 6.70. The van der Waals surface area contributed by atoms with Crippen molar-refractivity contribution in [1.29, 1.82) is 0 Å². The summed E-state index contributed by atoms with van der Waals surface area (Å²) < 4.78 is 5.48. The number of hydrogen-bond donors (Lipinski definition) is 1. The van der Waals surface area contributed by atoms with Crippen molar-refractivity contribution in [2.45, 2.75) is 18.9 Å². The second-order valence-electron chi connectivity index (χ2n) is 4.73. The first-order valence-corrected chi connectivity index (χ1v) is 7.90. The zero-order chi connectivity index (χ0) is 14.7. The van der Waals surface area contributed by atoms with Crippen LogP contribution in [-0.4, -0.2) is 35.1 Å². The molecule has 0 spiro atoms. The number of nitrogens with one attached hydrogen (secondary N) is 1. The van der Waals surface area contributed by atoms with Crippen LogP contribution in [0.15, 0.2) is 24.5 Å². The lowest BCUT2D eigenvalue weighted by atomic mass is 10.2. The molecule has 0 saturated carbocycles. The van der Waals surface area contributed by atoms with Gasteiger partial charge >= 0.3 is 0 Å². The molecule has 2 aromatic rings. The topological polar surface area (TPSA) is 64.1 Å². The Morgan fingerprint density at radius 3 is 3.19 bits per heavy atom. The molecular weight excluding hydrogens is 310 g/mol. The van der Waals surface area contributed by atoms with E-state index in [0.29, 0.717) is 16.4 Å². The molecule has 1 aliphatic rings. The van der Waals surface area contributed by atoms with Gasteiger partial charge in [0.15, 0.2) is 5.15 Å².